The zero-order valence-corrected chi connectivity index (χ0v) is 12.0. The molecule has 1 heterocycles. The van der Waals surface area contributed by atoms with Crippen LogP contribution in [0.2, 0.25) is 0 Å². The van der Waals surface area contributed by atoms with E-state index in [1.54, 1.807) is 7.11 Å². The number of methoxy groups -OCH3 is 1. The Kier molecular flexibility index (Phi) is 6.39. The predicted octanol–water partition coefficient (Wildman–Crippen LogP) is 2.20. The van der Waals surface area contributed by atoms with E-state index in [0.29, 0.717) is 19.2 Å². The molecule has 1 atom stereocenters. The highest BCUT2D eigenvalue weighted by molar-refractivity contribution is 5.11. The third-order valence-corrected chi connectivity index (χ3v) is 3.20. The molecule has 0 aliphatic rings. The number of rotatable bonds is 8. The molecule has 0 aliphatic heterocycles. The molecular formula is C14H26N2O2. The van der Waals surface area contributed by atoms with Crippen LogP contribution in [0, 0.1) is 0 Å². The van der Waals surface area contributed by atoms with Crippen molar-refractivity contribution in [2.24, 2.45) is 5.73 Å². The van der Waals surface area contributed by atoms with Gasteiger partial charge in [-0.2, -0.15) is 0 Å². The largest absolute Gasteiger partial charge is 0.464 e. The summed E-state index contributed by atoms with van der Waals surface area (Å²) < 4.78 is 11.0. The fourth-order valence-electron chi connectivity index (χ4n) is 2.15. The number of hydrogen-bond donors (Lipinski definition) is 1. The molecule has 1 aromatic rings. The Morgan fingerprint density at radius 2 is 2.11 bits per heavy atom. The summed E-state index contributed by atoms with van der Waals surface area (Å²) in [5, 5.41) is 0. The minimum absolute atomic E-state index is 0.125. The SMILES string of the molecule is CCc1ccc(C(CN)N(CCOC)C(C)C)o1. The average molecular weight is 254 g/mol. The van der Waals surface area contributed by atoms with Crippen LogP contribution in [0.15, 0.2) is 16.5 Å². The van der Waals surface area contributed by atoms with Gasteiger partial charge in [0.2, 0.25) is 0 Å². The zero-order valence-electron chi connectivity index (χ0n) is 12.0. The number of furan rings is 1. The van der Waals surface area contributed by atoms with Crippen molar-refractivity contribution in [2.45, 2.75) is 39.3 Å². The van der Waals surface area contributed by atoms with Crippen molar-refractivity contribution in [2.75, 3.05) is 26.8 Å². The summed E-state index contributed by atoms with van der Waals surface area (Å²) in [6.45, 7) is 8.54. The standard InChI is InChI=1S/C14H26N2O2/c1-5-12-6-7-14(18-12)13(10-15)16(11(2)3)8-9-17-4/h6-7,11,13H,5,8-10,15H2,1-4H3. The molecule has 104 valence electrons. The Bertz CT molecular complexity index is 336. The first-order chi connectivity index (χ1) is 8.63. The van der Waals surface area contributed by atoms with E-state index in [1.165, 1.54) is 0 Å². The van der Waals surface area contributed by atoms with E-state index in [4.69, 9.17) is 14.9 Å². The van der Waals surface area contributed by atoms with Crippen LogP contribution < -0.4 is 5.73 Å². The minimum atomic E-state index is 0.125. The topological polar surface area (TPSA) is 51.6 Å². The Hall–Kier alpha value is -0.840. The van der Waals surface area contributed by atoms with Gasteiger partial charge in [0, 0.05) is 32.7 Å². The van der Waals surface area contributed by atoms with Gasteiger partial charge in [-0.1, -0.05) is 6.92 Å². The lowest BCUT2D eigenvalue weighted by Gasteiger charge is -2.32. The Balaban J connectivity index is 2.83. The molecule has 0 spiro atoms. The van der Waals surface area contributed by atoms with Crippen LogP contribution in [0.5, 0.6) is 0 Å². The highest BCUT2D eigenvalue weighted by Crippen LogP contribution is 2.24. The van der Waals surface area contributed by atoms with E-state index in [0.717, 1.165) is 24.5 Å². The molecule has 0 saturated carbocycles. The van der Waals surface area contributed by atoms with Crippen LogP contribution in [0.3, 0.4) is 0 Å². The highest BCUT2D eigenvalue weighted by atomic mass is 16.5. The summed E-state index contributed by atoms with van der Waals surface area (Å²) >= 11 is 0. The summed E-state index contributed by atoms with van der Waals surface area (Å²) in [6.07, 6.45) is 0.914. The van der Waals surface area contributed by atoms with Crippen LogP contribution >= 0.6 is 0 Å². The molecule has 2 N–H and O–H groups in total. The molecule has 4 nitrogen and oxygen atoms in total. The van der Waals surface area contributed by atoms with Gasteiger partial charge in [0.1, 0.15) is 11.5 Å². The molecule has 0 saturated heterocycles. The van der Waals surface area contributed by atoms with E-state index in [2.05, 4.69) is 25.7 Å². The van der Waals surface area contributed by atoms with Crippen molar-refractivity contribution in [3.05, 3.63) is 23.7 Å². The number of aryl methyl sites for hydroxylation is 1. The van der Waals surface area contributed by atoms with Crippen LogP contribution in [0.25, 0.3) is 0 Å². The second kappa shape index (κ2) is 7.56. The molecule has 1 unspecified atom stereocenters. The van der Waals surface area contributed by atoms with Crippen LogP contribution in [-0.4, -0.2) is 37.7 Å². The van der Waals surface area contributed by atoms with E-state index in [1.807, 2.05) is 12.1 Å². The maximum absolute atomic E-state index is 5.92. The predicted molar refractivity (Wildman–Crippen MR) is 73.6 cm³/mol. The van der Waals surface area contributed by atoms with Crippen molar-refractivity contribution >= 4 is 0 Å². The summed E-state index contributed by atoms with van der Waals surface area (Å²) in [4.78, 5) is 2.32. The summed E-state index contributed by atoms with van der Waals surface area (Å²) in [7, 11) is 1.72. The molecule has 4 heteroatoms. The van der Waals surface area contributed by atoms with Crippen molar-refractivity contribution in [3.8, 4) is 0 Å². The smallest absolute Gasteiger partial charge is 0.122 e. The maximum atomic E-state index is 5.92. The third kappa shape index (κ3) is 3.83. The van der Waals surface area contributed by atoms with E-state index >= 15 is 0 Å². The van der Waals surface area contributed by atoms with Gasteiger partial charge in [0.25, 0.3) is 0 Å². The highest BCUT2D eigenvalue weighted by Gasteiger charge is 2.24. The van der Waals surface area contributed by atoms with Gasteiger partial charge >= 0.3 is 0 Å². The van der Waals surface area contributed by atoms with Crippen LogP contribution in [0.4, 0.5) is 0 Å². The lowest BCUT2D eigenvalue weighted by molar-refractivity contribution is 0.0886. The number of nitrogens with zero attached hydrogens (tertiary/aromatic N) is 1. The van der Waals surface area contributed by atoms with Gasteiger partial charge in [0.05, 0.1) is 12.6 Å². The summed E-state index contributed by atoms with van der Waals surface area (Å²) in [5.74, 6) is 1.97. The molecule has 1 aromatic heterocycles. The van der Waals surface area contributed by atoms with Gasteiger partial charge in [-0.05, 0) is 26.0 Å². The lowest BCUT2D eigenvalue weighted by Crippen LogP contribution is -2.40. The van der Waals surface area contributed by atoms with Gasteiger partial charge in [-0.3, -0.25) is 4.90 Å². The molecule has 1 rings (SSSR count). The van der Waals surface area contributed by atoms with E-state index in [-0.39, 0.29) is 6.04 Å². The lowest BCUT2D eigenvalue weighted by atomic mass is 10.1. The maximum Gasteiger partial charge on any atom is 0.122 e. The normalized spacial score (nSPS) is 13.5. The fraction of sp³-hybridized carbons (Fsp3) is 0.714. The van der Waals surface area contributed by atoms with Crippen molar-refractivity contribution in [1.82, 2.24) is 4.90 Å². The Morgan fingerprint density at radius 3 is 2.56 bits per heavy atom. The molecular weight excluding hydrogens is 228 g/mol. The van der Waals surface area contributed by atoms with Crippen molar-refractivity contribution < 1.29 is 9.15 Å². The second-order valence-corrected chi connectivity index (χ2v) is 4.73. The van der Waals surface area contributed by atoms with Gasteiger partial charge in [0.15, 0.2) is 0 Å². The van der Waals surface area contributed by atoms with Crippen molar-refractivity contribution in [1.29, 1.82) is 0 Å². The molecule has 0 bridgehead atoms. The minimum Gasteiger partial charge on any atom is -0.464 e. The van der Waals surface area contributed by atoms with E-state index < -0.39 is 0 Å². The number of ether oxygens (including phenoxy) is 1. The quantitative estimate of drug-likeness (QED) is 0.772. The van der Waals surface area contributed by atoms with Crippen molar-refractivity contribution in [3.63, 3.8) is 0 Å². The monoisotopic (exact) mass is 254 g/mol. The molecule has 0 aliphatic carbocycles. The number of hydrogen-bond acceptors (Lipinski definition) is 4. The number of nitrogens with two attached hydrogens (primary N) is 1. The first kappa shape index (κ1) is 15.2. The molecule has 0 aromatic carbocycles. The molecule has 18 heavy (non-hydrogen) atoms. The summed E-state index contributed by atoms with van der Waals surface area (Å²) in [6, 6.07) is 4.61. The molecule has 0 amide bonds. The Labute approximate surface area is 110 Å². The third-order valence-electron chi connectivity index (χ3n) is 3.20. The van der Waals surface area contributed by atoms with Crippen LogP contribution in [0.1, 0.15) is 38.3 Å². The van der Waals surface area contributed by atoms with Gasteiger partial charge < -0.3 is 14.9 Å². The first-order valence-corrected chi connectivity index (χ1v) is 6.67. The Morgan fingerprint density at radius 1 is 1.39 bits per heavy atom. The van der Waals surface area contributed by atoms with E-state index in [9.17, 15) is 0 Å². The van der Waals surface area contributed by atoms with Crippen LogP contribution in [-0.2, 0) is 11.2 Å². The summed E-state index contributed by atoms with van der Waals surface area (Å²) in [5.41, 5.74) is 5.92. The second-order valence-electron chi connectivity index (χ2n) is 4.73. The first-order valence-electron chi connectivity index (χ1n) is 6.67. The molecule has 0 fully saturated rings. The average Bonchev–Trinajstić information content (AvgIpc) is 2.82. The van der Waals surface area contributed by atoms with Gasteiger partial charge in [-0.15, -0.1) is 0 Å². The zero-order chi connectivity index (χ0) is 13.5. The fourth-order valence-corrected chi connectivity index (χ4v) is 2.15. The van der Waals surface area contributed by atoms with Gasteiger partial charge in [-0.25, -0.2) is 0 Å². The molecule has 0 radical (unpaired) electrons.